The van der Waals surface area contributed by atoms with Crippen LogP contribution in [0.3, 0.4) is 0 Å². The number of hydrogen-bond acceptors (Lipinski definition) is 5. The summed E-state index contributed by atoms with van der Waals surface area (Å²) in [5.74, 6) is 0.329. The highest BCUT2D eigenvalue weighted by Crippen LogP contribution is 2.55. The van der Waals surface area contributed by atoms with Gasteiger partial charge in [-0.3, -0.25) is 9.59 Å². The van der Waals surface area contributed by atoms with Crippen LogP contribution in [-0.4, -0.2) is 53.3 Å². The molecule has 3 aliphatic rings. The zero-order valence-electron chi connectivity index (χ0n) is 19.7. The van der Waals surface area contributed by atoms with Gasteiger partial charge in [0.25, 0.3) is 5.91 Å². The maximum absolute atomic E-state index is 13.7. The number of hydrogen-bond donors (Lipinski definition) is 1. The molecule has 3 heterocycles. The van der Waals surface area contributed by atoms with Crippen LogP contribution in [0.1, 0.15) is 61.1 Å². The van der Waals surface area contributed by atoms with E-state index in [1.165, 1.54) is 0 Å². The molecule has 2 aromatic rings. The molecule has 2 aromatic carbocycles. The van der Waals surface area contributed by atoms with Crippen molar-refractivity contribution in [2.45, 2.75) is 56.3 Å². The topological polar surface area (TPSA) is 85.3 Å². The number of benzene rings is 2. The van der Waals surface area contributed by atoms with Gasteiger partial charge >= 0.3 is 5.97 Å². The number of ether oxygens (including phenoxy) is 3. The van der Waals surface area contributed by atoms with Crippen molar-refractivity contribution in [3.8, 4) is 11.5 Å². The number of carbonyl (C=O) groups excluding carboxylic acids is 1. The lowest BCUT2D eigenvalue weighted by Crippen LogP contribution is -2.60. The minimum atomic E-state index is -0.847. The first-order valence-electron chi connectivity index (χ1n) is 11.9. The number of amides is 1. The standard InChI is InChI=1S/C27H31NO6/c1-26(14-12-23(29)30)20-16-27(17-33-24(20)18-8-3-6-11-22(18)34-26)13-7-15-28(27)25(31)19-9-4-5-10-21(19)32-2/h3-6,8-11,20,24H,7,12-17H2,1-2H3,(H,29,30)/t20-,24+,26+,27+/m1/s1. The third-order valence-electron chi connectivity index (χ3n) is 7.86. The summed E-state index contributed by atoms with van der Waals surface area (Å²) in [5.41, 5.74) is 0.370. The Balaban J connectivity index is 1.49. The molecule has 2 fully saturated rings. The van der Waals surface area contributed by atoms with Gasteiger partial charge in [-0.1, -0.05) is 30.3 Å². The number of nitrogens with zero attached hydrogens (tertiary/aromatic N) is 1. The molecule has 34 heavy (non-hydrogen) atoms. The van der Waals surface area contributed by atoms with Crippen molar-refractivity contribution in [3.05, 3.63) is 59.7 Å². The van der Waals surface area contributed by atoms with Crippen LogP contribution in [0.5, 0.6) is 11.5 Å². The van der Waals surface area contributed by atoms with Gasteiger partial charge in [-0.05, 0) is 50.8 Å². The van der Waals surface area contributed by atoms with Gasteiger partial charge in [-0.2, -0.15) is 0 Å². The van der Waals surface area contributed by atoms with E-state index in [0.29, 0.717) is 37.3 Å². The molecule has 180 valence electrons. The molecule has 0 bridgehead atoms. The first-order valence-corrected chi connectivity index (χ1v) is 11.9. The van der Waals surface area contributed by atoms with Crippen molar-refractivity contribution >= 4 is 11.9 Å². The molecule has 0 aromatic heterocycles. The lowest BCUT2D eigenvalue weighted by atomic mass is 9.68. The number of para-hydroxylation sites is 2. The lowest BCUT2D eigenvalue weighted by molar-refractivity contribution is -0.169. The van der Waals surface area contributed by atoms with Gasteiger partial charge in [0.05, 0.1) is 30.9 Å². The van der Waals surface area contributed by atoms with Gasteiger partial charge in [0.1, 0.15) is 17.1 Å². The summed E-state index contributed by atoms with van der Waals surface area (Å²) in [6.45, 7) is 3.09. The van der Waals surface area contributed by atoms with Crippen molar-refractivity contribution in [1.82, 2.24) is 4.90 Å². The summed E-state index contributed by atoms with van der Waals surface area (Å²) in [6, 6.07) is 15.1. The van der Waals surface area contributed by atoms with Crippen LogP contribution in [0.4, 0.5) is 0 Å². The van der Waals surface area contributed by atoms with E-state index in [1.54, 1.807) is 19.2 Å². The number of methoxy groups -OCH3 is 1. The maximum atomic E-state index is 13.7. The Kier molecular flexibility index (Phi) is 5.76. The Morgan fingerprint density at radius 3 is 2.74 bits per heavy atom. The number of fused-ring (bicyclic) bond motifs is 3. The molecule has 0 unspecified atom stereocenters. The number of likely N-dealkylation sites (tertiary alicyclic amines) is 1. The van der Waals surface area contributed by atoms with Gasteiger partial charge in [0.2, 0.25) is 0 Å². The molecule has 0 aliphatic carbocycles. The summed E-state index contributed by atoms with van der Waals surface area (Å²) >= 11 is 0. The Morgan fingerprint density at radius 1 is 1.18 bits per heavy atom. The molecule has 1 spiro atoms. The molecule has 4 atom stereocenters. The zero-order chi connectivity index (χ0) is 23.9. The fourth-order valence-corrected chi connectivity index (χ4v) is 6.09. The number of rotatable bonds is 5. The van der Waals surface area contributed by atoms with Gasteiger partial charge < -0.3 is 24.2 Å². The van der Waals surface area contributed by atoms with Gasteiger partial charge in [-0.15, -0.1) is 0 Å². The molecule has 1 N–H and O–H groups in total. The molecule has 2 saturated heterocycles. The molecular weight excluding hydrogens is 434 g/mol. The first kappa shape index (κ1) is 22.7. The van der Waals surface area contributed by atoms with E-state index in [0.717, 1.165) is 24.2 Å². The Labute approximate surface area is 199 Å². The largest absolute Gasteiger partial charge is 0.496 e. The predicted molar refractivity (Wildman–Crippen MR) is 125 cm³/mol. The van der Waals surface area contributed by atoms with E-state index >= 15 is 0 Å². The quantitative estimate of drug-likeness (QED) is 0.702. The fraction of sp³-hybridized carbons (Fsp3) is 0.481. The highest BCUT2D eigenvalue weighted by atomic mass is 16.5. The smallest absolute Gasteiger partial charge is 0.303 e. The van der Waals surface area contributed by atoms with Gasteiger partial charge in [-0.25, -0.2) is 0 Å². The van der Waals surface area contributed by atoms with Crippen molar-refractivity contribution in [2.24, 2.45) is 5.92 Å². The first-order chi connectivity index (χ1) is 16.4. The third kappa shape index (κ3) is 3.72. The van der Waals surface area contributed by atoms with Crippen LogP contribution in [-0.2, 0) is 9.53 Å². The summed E-state index contributed by atoms with van der Waals surface area (Å²) in [4.78, 5) is 27.1. The predicted octanol–water partition coefficient (Wildman–Crippen LogP) is 4.46. The van der Waals surface area contributed by atoms with Crippen LogP contribution in [0.25, 0.3) is 0 Å². The van der Waals surface area contributed by atoms with E-state index in [2.05, 4.69) is 0 Å². The lowest BCUT2D eigenvalue weighted by Gasteiger charge is -2.54. The molecule has 3 aliphatic heterocycles. The minimum absolute atomic E-state index is 0.0126. The second-order valence-corrected chi connectivity index (χ2v) is 9.87. The number of carboxylic acids is 1. The van der Waals surface area contributed by atoms with Crippen LogP contribution in [0, 0.1) is 5.92 Å². The zero-order valence-corrected chi connectivity index (χ0v) is 19.7. The van der Waals surface area contributed by atoms with Crippen molar-refractivity contribution in [1.29, 1.82) is 0 Å². The number of carbonyl (C=O) groups is 2. The van der Waals surface area contributed by atoms with Crippen LogP contribution < -0.4 is 9.47 Å². The van der Waals surface area contributed by atoms with E-state index in [1.807, 2.05) is 48.2 Å². The molecule has 5 rings (SSSR count). The molecule has 0 radical (unpaired) electrons. The van der Waals surface area contributed by atoms with E-state index < -0.39 is 17.1 Å². The normalized spacial score (nSPS) is 29.8. The van der Waals surface area contributed by atoms with Gasteiger partial charge in [0.15, 0.2) is 0 Å². The minimum Gasteiger partial charge on any atom is -0.496 e. The average Bonchev–Trinajstić information content (AvgIpc) is 3.25. The van der Waals surface area contributed by atoms with Crippen molar-refractivity contribution < 1.29 is 28.9 Å². The summed E-state index contributed by atoms with van der Waals surface area (Å²) in [6.07, 6.45) is 2.62. The van der Waals surface area contributed by atoms with Crippen LogP contribution in [0.15, 0.2) is 48.5 Å². The summed E-state index contributed by atoms with van der Waals surface area (Å²) < 4.78 is 18.5. The van der Waals surface area contributed by atoms with Crippen molar-refractivity contribution in [3.63, 3.8) is 0 Å². The maximum Gasteiger partial charge on any atom is 0.303 e. The summed E-state index contributed by atoms with van der Waals surface area (Å²) in [7, 11) is 1.57. The second kappa shape index (κ2) is 8.62. The molecular formula is C27H31NO6. The van der Waals surface area contributed by atoms with E-state index in [4.69, 9.17) is 14.2 Å². The SMILES string of the molecule is COc1ccccc1C(=O)N1CCC[C@]12CO[C@H]1c3ccccc3O[C@@](C)(CCC(=O)O)[C@@H]1C2. The fourth-order valence-electron chi connectivity index (χ4n) is 6.09. The van der Waals surface area contributed by atoms with E-state index in [-0.39, 0.29) is 24.3 Å². The summed E-state index contributed by atoms with van der Waals surface area (Å²) in [5, 5.41) is 9.39. The number of aliphatic carboxylic acids is 1. The third-order valence-corrected chi connectivity index (χ3v) is 7.86. The van der Waals surface area contributed by atoms with Crippen LogP contribution >= 0.6 is 0 Å². The molecule has 0 saturated carbocycles. The van der Waals surface area contributed by atoms with Crippen molar-refractivity contribution in [2.75, 3.05) is 20.3 Å². The number of carboxylic acid groups (broad SMARTS) is 1. The Morgan fingerprint density at radius 2 is 1.94 bits per heavy atom. The second-order valence-electron chi connectivity index (χ2n) is 9.87. The molecule has 7 heteroatoms. The highest BCUT2D eigenvalue weighted by molar-refractivity contribution is 5.97. The molecule has 7 nitrogen and oxygen atoms in total. The highest BCUT2D eigenvalue weighted by Gasteiger charge is 2.57. The van der Waals surface area contributed by atoms with Gasteiger partial charge in [0, 0.05) is 24.4 Å². The van der Waals surface area contributed by atoms with Crippen LogP contribution in [0.2, 0.25) is 0 Å². The molecule has 1 amide bonds. The monoisotopic (exact) mass is 465 g/mol. The van der Waals surface area contributed by atoms with E-state index in [9.17, 15) is 14.7 Å². The Bertz CT molecular complexity index is 1100. The Hall–Kier alpha value is -3.06. The average molecular weight is 466 g/mol.